The van der Waals surface area contributed by atoms with Crippen molar-refractivity contribution in [2.45, 2.75) is 26.3 Å². The Balaban J connectivity index is 2.22. The van der Waals surface area contributed by atoms with Gasteiger partial charge in [-0.25, -0.2) is 4.39 Å². The molecule has 2 N–H and O–H groups in total. The summed E-state index contributed by atoms with van der Waals surface area (Å²) in [6.45, 7) is 3.97. The maximum absolute atomic E-state index is 12.9. The Hall–Kier alpha value is -1.38. The van der Waals surface area contributed by atoms with Crippen LogP contribution in [-0.2, 0) is 6.42 Å². The van der Waals surface area contributed by atoms with Crippen LogP contribution in [0.3, 0.4) is 0 Å². The number of aryl methyl sites for hydroxylation is 2. The molecule has 0 radical (unpaired) electrons. The monoisotopic (exact) mass is 277 g/mol. The zero-order valence-electron chi connectivity index (χ0n) is 11.1. The molecule has 0 aromatic heterocycles. The van der Waals surface area contributed by atoms with Crippen LogP contribution < -0.4 is 5.73 Å². The first-order valence-electron chi connectivity index (χ1n) is 6.24. The number of halogens is 2. The Morgan fingerprint density at radius 3 is 2.37 bits per heavy atom. The van der Waals surface area contributed by atoms with Crippen LogP contribution >= 0.6 is 11.6 Å². The highest BCUT2D eigenvalue weighted by Crippen LogP contribution is 2.25. The fraction of sp³-hybridized carbons (Fsp3) is 0.250. The molecule has 1 unspecified atom stereocenters. The van der Waals surface area contributed by atoms with E-state index in [0.29, 0.717) is 6.42 Å². The van der Waals surface area contributed by atoms with Gasteiger partial charge in [0.2, 0.25) is 0 Å². The first-order chi connectivity index (χ1) is 8.97. The van der Waals surface area contributed by atoms with Crippen LogP contribution in [0.25, 0.3) is 0 Å². The van der Waals surface area contributed by atoms with Gasteiger partial charge in [-0.05, 0) is 60.7 Å². The van der Waals surface area contributed by atoms with Crippen molar-refractivity contribution >= 4 is 11.6 Å². The number of nitrogens with two attached hydrogens (primary N) is 1. The Morgan fingerprint density at radius 1 is 1.11 bits per heavy atom. The van der Waals surface area contributed by atoms with Gasteiger partial charge in [-0.15, -0.1) is 0 Å². The van der Waals surface area contributed by atoms with Crippen LogP contribution in [0.1, 0.15) is 28.3 Å². The Morgan fingerprint density at radius 2 is 1.74 bits per heavy atom. The third kappa shape index (κ3) is 3.34. The molecule has 0 bridgehead atoms. The topological polar surface area (TPSA) is 26.0 Å². The minimum absolute atomic E-state index is 0.110. The van der Waals surface area contributed by atoms with Crippen LogP contribution in [0.4, 0.5) is 4.39 Å². The van der Waals surface area contributed by atoms with Crippen LogP contribution in [0.2, 0.25) is 5.02 Å². The van der Waals surface area contributed by atoms with Crippen molar-refractivity contribution in [2.75, 3.05) is 0 Å². The van der Waals surface area contributed by atoms with Crippen molar-refractivity contribution in [3.8, 4) is 0 Å². The van der Waals surface area contributed by atoms with Gasteiger partial charge in [0.15, 0.2) is 0 Å². The van der Waals surface area contributed by atoms with Gasteiger partial charge < -0.3 is 5.73 Å². The predicted molar refractivity (Wildman–Crippen MR) is 78.0 cm³/mol. The lowest BCUT2D eigenvalue weighted by molar-refractivity contribution is 0.625. The second kappa shape index (κ2) is 5.72. The minimum Gasteiger partial charge on any atom is -0.324 e. The van der Waals surface area contributed by atoms with E-state index in [9.17, 15) is 4.39 Å². The second-order valence-corrected chi connectivity index (χ2v) is 5.30. The molecule has 0 saturated heterocycles. The molecule has 19 heavy (non-hydrogen) atoms. The predicted octanol–water partition coefficient (Wildman–Crippen LogP) is 4.34. The van der Waals surface area contributed by atoms with E-state index in [1.165, 1.54) is 12.1 Å². The SMILES string of the molecule is Cc1cc(C(N)Cc2ccc(F)cc2)c(C)cc1Cl. The molecule has 2 aromatic carbocycles. The van der Waals surface area contributed by atoms with Gasteiger partial charge in [-0.1, -0.05) is 29.8 Å². The molecule has 0 amide bonds. The Bertz CT molecular complexity index is 578. The number of benzene rings is 2. The standard InChI is InChI=1S/C16H17ClFN/c1-10-8-15(17)11(2)7-14(10)16(19)9-12-3-5-13(18)6-4-12/h3-8,16H,9,19H2,1-2H3. The Kier molecular flexibility index (Phi) is 4.23. The van der Waals surface area contributed by atoms with Crippen molar-refractivity contribution in [1.29, 1.82) is 0 Å². The van der Waals surface area contributed by atoms with Gasteiger partial charge in [0.05, 0.1) is 0 Å². The molecule has 3 heteroatoms. The van der Waals surface area contributed by atoms with E-state index < -0.39 is 0 Å². The summed E-state index contributed by atoms with van der Waals surface area (Å²) in [5.74, 6) is -0.226. The molecule has 1 atom stereocenters. The highest BCUT2D eigenvalue weighted by Gasteiger charge is 2.12. The third-order valence-corrected chi connectivity index (χ3v) is 3.72. The molecule has 0 heterocycles. The average Bonchev–Trinajstić information content (AvgIpc) is 2.36. The summed E-state index contributed by atoms with van der Waals surface area (Å²) in [5.41, 5.74) is 10.5. The van der Waals surface area contributed by atoms with Crippen molar-refractivity contribution in [3.05, 3.63) is 69.5 Å². The zero-order valence-corrected chi connectivity index (χ0v) is 11.8. The van der Waals surface area contributed by atoms with Crippen molar-refractivity contribution < 1.29 is 4.39 Å². The third-order valence-electron chi connectivity index (χ3n) is 3.32. The summed E-state index contributed by atoms with van der Waals surface area (Å²) >= 11 is 6.09. The molecule has 1 nitrogen and oxygen atoms in total. The smallest absolute Gasteiger partial charge is 0.123 e. The number of hydrogen-bond donors (Lipinski definition) is 1. The maximum Gasteiger partial charge on any atom is 0.123 e. The van der Waals surface area contributed by atoms with Crippen LogP contribution in [0.15, 0.2) is 36.4 Å². The van der Waals surface area contributed by atoms with E-state index in [0.717, 1.165) is 27.3 Å². The normalized spacial score (nSPS) is 12.5. The van der Waals surface area contributed by atoms with E-state index >= 15 is 0 Å². The molecule has 0 aliphatic rings. The molecule has 0 saturated carbocycles. The van der Waals surface area contributed by atoms with E-state index in [4.69, 9.17) is 17.3 Å². The van der Waals surface area contributed by atoms with Gasteiger partial charge in [-0.3, -0.25) is 0 Å². The molecule has 2 aromatic rings. The summed E-state index contributed by atoms with van der Waals surface area (Å²) in [7, 11) is 0. The maximum atomic E-state index is 12.9. The van der Waals surface area contributed by atoms with Gasteiger partial charge in [0.25, 0.3) is 0 Å². The molecule has 0 aliphatic heterocycles. The van der Waals surface area contributed by atoms with Crippen LogP contribution in [0, 0.1) is 19.7 Å². The van der Waals surface area contributed by atoms with Crippen LogP contribution in [0.5, 0.6) is 0 Å². The molecule has 0 aliphatic carbocycles. The first-order valence-corrected chi connectivity index (χ1v) is 6.62. The first kappa shape index (κ1) is 14.0. The second-order valence-electron chi connectivity index (χ2n) is 4.90. The molecule has 0 spiro atoms. The molecule has 0 fully saturated rings. The summed E-state index contributed by atoms with van der Waals surface area (Å²) in [6, 6.07) is 10.3. The largest absolute Gasteiger partial charge is 0.324 e. The van der Waals surface area contributed by atoms with E-state index in [-0.39, 0.29) is 11.9 Å². The lowest BCUT2D eigenvalue weighted by atomic mass is 9.94. The molecular weight excluding hydrogens is 261 g/mol. The number of hydrogen-bond acceptors (Lipinski definition) is 1. The van der Waals surface area contributed by atoms with Crippen molar-refractivity contribution in [1.82, 2.24) is 0 Å². The van der Waals surface area contributed by atoms with Crippen molar-refractivity contribution in [3.63, 3.8) is 0 Å². The summed E-state index contributed by atoms with van der Waals surface area (Å²) in [6.07, 6.45) is 0.683. The molecule has 100 valence electrons. The lowest BCUT2D eigenvalue weighted by Gasteiger charge is -2.16. The minimum atomic E-state index is -0.226. The quantitative estimate of drug-likeness (QED) is 0.887. The Labute approximate surface area is 118 Å². The van der Waals surface area contributed by atoms with Gasteiger partial charge in [0.1, 0.15) is 5.82 Å². The van der Waals surface area contributed by atoms with Gasteiger partial charge >= 0.3 is 0 Å². The molecule has 2 rings (SSSR count). The van der Waals surface area contributed by atoms with Gasteiger partial charge in [-0.2, -0.15) is 0 Å². The fourth-order valence-electron chi connectivity index (χ4n) is 2.19. The zero-order chi connectivity index (χ0) is 14.0. The summed E-state index contributed by atoms with van der Waals surface area (Å²) in [5, 5.41) is 0.759. The van der Waals surface area contributed by atoms with Crippen molar-refractivity contribution in [2.24, 2.45) is 5.73 Å². The van der Waals surface area contributed by atoms with Crippen LogP contribution in [-0.4, -0.2) is 0 Å². The average molecular weight is 278 g/mol. The fourth-order valence-corrected chi connectivity index (χ4v) is 2.41. The summed E-state index contributed by atoms with van der Waals surface area (Å²) < 4.78 is 12.9. The summed E-state index contributed by atoms with van der Waals surface area (Å²) in [4.78, 5) is 0. The number of rotatable bonds is 3. The lowest BCUT2D eigenvalue weighted by Crippen LogP contribution is -2.15. The highest BCUT2D eigenvalue weighted by atomic mass is 35.5. The molecular formula is C16H17ClFN. The van der Waals surface area contributed by atoms with E-state index in [1.807, 2.05) is 26.0 Å². The van der Waals surface area contributed by atoms with E-state index in [1.54, 1.807) is 12.1 Å². The van der Waals surface area contributed by atoms with E-state index in [2.05, 4.69) is 0 Å². The highest BCUT2D eigenvalue weighted by molar-refractivity contribution is 6.31. The van der Waals surface area contributed by atoms with Gasteiger partial charge in [0, 0.05) is 11.1 Å².